The molecule has 1 unspecified atom stereocenters. The van der Waals surface area contributed by atoms with Crippen LogP contribution in [0.15, 0.2) is 0 Å². The first-order valence-corrected chi connectivity index (χ1v) is 6.09. The molecular formula is C11H20ClF3N2O2. The molecule has 1 amide bonds. The maximum absolute atomic E-state index is 11.7. The van der Waals surface area contributed by atoms with Gasteiger partial charge in [0.2, 0.25) is 5.91 Å². The topological polar surface area (TPSA) is 50.4 Å². The summed E-state index contributed by atoms with van der Waals surface area (Å²) < 4.78 is 39.5. The molecular weight excluding hydrogens is 285 g/mol. The highest BCUT2D eigenvalue weighted by atomic mass is 35.5. The summed E-state index contributed by atoms with van der Waals surface area (Å²) in [6.07, 6.45) is -1.27. The normalized spacial score (nSPS) is 19.6. The number of carbonyl (C=O) groups is 1. The molecule has 1 saturated heterocycles. The Morgan fingerprint density at radius 2 is 2.16 bits per heavy atom. The van der Waals surface area contributed by atoms with Crippen LogP contribution < -0.4 is 10.6 Å². The zero-order valence-corrected chi connectivity index (χ0v) is 11.4. The molecule has 1 aliphatic rings. The van der Waals surface area contributed by atoms with Crippen LogP contribution in [0.2, 0.25) is 0 Å². The van der Waals surface area contributed by atoms with Crippen molar-refractivity contribution in [1.82, 2.24) is 10.6 Å². The Morgan fingerprint density at radius 3 is 2.74 bits per heavy atom. The van der Waals surface area contributed by atoms with E-state index in [-0.39, 0.29) is 12.4 Å². The summed E-state index contributed by atoms with van der Waals surface area (Å²) in [6, 6.07) is 0. The maximum Gasteiger partial charge on any atom is 0.411 e. The van der Waals surface area contributed by atoms with Crippen LogP contribution in [-0.2, 0) is 9.53 Å². The fourth-order valence-electron chi connectivity index (χ4n) is 1.90. The quantitative estimate of drug-likeness (QED) is 0.782. The third-order valence-corrected chi connectivity index (χ3v) is 2.77. The standard InChI is InChI=1S/C11H19F3N2O2.ClH/c12-11(13,14)8-18-7-10(17)16-5-3-9-2-1-4-15-6-9;/h9,15H,1-8H2,(H,16,17);1H. The van der Waals surface area contributed by atoms with Crippen molar-refractivity contribution in [2.24, 2.45) is 5.92 Å². The second kappa shape index (κ2) is 9.39. The monoisotopic (exact) mass is 304 g/mol. The van der Waals surface area contributed by atoms with Crippen molar-refractivity contribution >= 4 is 18.3 Å². The summed E-state index contributed by atoms with van der Waals surface area (Å²) in [5.74, 6) is 0.0400. The molecule has 1 aliphatic heterocycles. The second-order valence-corrected chi connectivity index (χ2v) is 4.46. The molecule has 0 saturated carbocycles. The van der Waals surface area contributed by atoms with Crippen molar-refractivity contribution in [2.45, 2.75) is 25.4 Å². The van der Waals surface area contributed by atoms with Crippen LogP contribution in [0.25, 0.3) is 0 Å². The highest BCUT2D eigenvalue weighted by molar-refractivity contribution is 5.85. The van der Waals surface area contributed by atoms with Gasteiger partial charge in [-0.1, -0.05) is 0 Å². The lowest BCUT2D eigenvalue weighted by Gasteiger charge is -2.22. The van der Waals surface area contributed by atoms with E-state index in [1.54, 1.807) is 0 Å². The van der Waals surface area contributed by atoms with Gasteiger partial charge in [0.15, 0.2) is 0 Å². The van der Waals surface area contributed by atoms with E-state index in [1.807, 2.05) is 0 Å². The van der Waals surface area contributed by atoms with Crippen LogP contribution in [0, 0.1) is 5.92 Å². The average Bonchev–Trinajstić information content (AvgIpc) is 2.28. The van der Waals surface area contributed by atoms with Crippen LogP contribution in [0.1, 0.15) is 19.3 Å². The van der Waals surface area contributed by atoms with Gasteiger partial charge in [-0.25, -0.2) is 0 Å². The molecule has 0 aromatic carbocycles. The minimum Gasteiger partial charge on any atom is -0.362 e. The molecule has 0 bridgehead atoms. The summed E-state index contributed by atoms with van der Waals surface area (Å²) in [6.45, 7) is 0.546. The predicted octanol–water partition coefficient (Wildman–Crippen LogP) is 1.49. The van der Waals surface area contributed by atoms with Gasteiger partial charge in [-0.2, -0.15) is 13.2 Å². The van der Waals surface area contributed by atoms with Crippen LogP contribution >= 0.6 is 12.4 Å². The Balaban J connectivity index is 0.00000324. The highest BCUT2D eigenvalue weighted by Gasteiger charge is 2.27. The number of piperidine rings is 1. The Bertz CT molecular complexity index is 259. The van der Waals surface area contributed by atoms with E-state index in [2.05, 4.69) is 15.4 Å². The summed E-state index contributed by atoms with van der Waals surface area (Å²) in [7, 11) is 0. The molecule has 0 aromatic heterocycles. The zero-order valence-electron chi connectivity index (χ0n) is 10.6. The van der Waals surface area contributed by atoms with Crippen molar-refractivity contribution in [3.63, 3.8) is 0 Å². The van der Waals surface area contributed by atoms with E-state index < -0.39 is 25.3 Å². The fraction of sp³-hybridized carbons (Fsp3) is 0.909. The lowest BCUT2D eigenvalue weighted by Crippen LogP contribution is -2.34. The number of ether oxygens (including phenoxy) is 1. The molecule has 0 aliphatic carbocycles. The molecule has 114 valence electrons. The Kier molecular flexibility index (Phi) is 9.12. The number of rotatable bonds is 6. The second-order valence-electron chi connectivity index (χ2n) is 4.46. The van der Waals surface area contributed by atoms with Gasteiger partial charge in [0, 0.05) is 6.54 Å². The number of hydrogen-bond acceptors (Lipinski definition) is 3. The van der Waals surface area contributed by atoms with Crippen molar-refractivity contribution in [1.29, 1.82) is 0 Å². The van der Waals surface area contributed by atoms with Gasteiger partial charge < -0.3 is 15.4 Å². The number of nitrogens with one attached hydrogen (secondary N) is 2. The summed E-state index contributed by atoms with van der Waals surface area (Å²) in [4.78, 5) is 11.2. The molecule has 4 nitrogen and oxygen atoms in total. The van der Waals surface area contributed by atoms with Crippen molar-refractivity contribution in [2.75, 3.05) is 32.8 Å². The first-order chi connectivity index (χ1) is 8.47. The van der Waals surface area contributed by atoms with Gasteiger partial charge in [-0.15, -0.1) is 12.4 Å². The van der Waals surface area contributed by atoms with Crippen LogP contribution in [0.3, 0.4) is 0 Å². The Hall–Kier alpha value is -0.530. The molecule has 1 rings (SSSR count). The van der Waals surface area contributed by atoms with E-state index in [0.29, 0.717) is 12.5 Å². The lowest BCUT2D eigenvalue weighted by molar-refractivity contribution is -0.175. The number of carbonyl (C=O) groups excluding carboxylic acids is 1. The smallest absolute Gasteiger partial charge is 0.362 e. The highest BCUT2D eigenvalue weighted by Crippen LogP contribution is 2.14. The summed E-state index contributed by atoms with van der Waals surface area (Å²) in [5.41, 5.74) is 0. The van der Waals surface area contributed by atoms with Gasteiger partial charge in [0.1, 0.15) is 13.2 Å². The Morgan fingerprint density at radius 1 is 1.42 bits per heavy atom. The Labute approximate surface area is 116 Å². The third-order valence-electron chi connectivity index (χ3n) is 2.77. The maximum atomic E-state index is 11.7. The molecule has 0 aromatic rings. The minimum atomic E-state index is -4.38. The van der Waals surface area contributed by atoms with E-state index in [0.717, 1.165) is 32.4 Å². The van der Waals surface area contributed by atoms with Crippen molar-refractivity contribution < 1.29 is 22.7 Å². The molecule has 1 heterocycles. The zero-order chi connectivity index (χ0) is 13.4. The molecule has 0 radical (unpaired) electrons. The molecule has 0 spiro atoms. The first kappa shape index (κ1) is 18.5. The van der Waals surface area contributed by atoms with Gasteiger partial charge in [0.25, 0.3) is 0 Å². The SMILES string of the molecule is Cl.O=C(COCC(F)(F)F)NCCC1CCCNC1. The molecule has 8 heteroatoms. The van der Waals surface area contributed by atoms with E-state index in [1.165, 1.54) is 0 Å². The van der Waals surface area contributed by atoms with Crippen LogP contribution in [-0.4, -0.2) is 44.9 Å². The van der Waals surface area contributed by atoms with Crippen LogP contribution in [0.4, 0.5) is 13.2 Å². The summed E-state index contributed by atoms with van der Waals surface area (Å²) >= 11 is 0. The van der Waals surface area contributed by atoms with E-state index >= 15 is 0 Å². The van der Waals surface area contributed by atoms with E-state index in [9.17, 15) is 18.0 Å². The summed E-state index contributed by atoms with van der Waals surface area (Å²) in [5, 5.41) is 5.82. The lowest BCUT2D eigenvalue weighted by atomic mass is 9.96. The van der Waals surface area contributed by atoms with Crippen molar-refractivity contribution in [3.8, 4) is 0 Å². The number of amides is 1. The van der Waals surface area contributed by atoms with Gasteiger partial charge >= 0.3 is 6.18 Å². The first-order valence-electron chi connectivity index (χ1n) is 6.09. The minimum absolute atomic E-state index is 0. The van der Waals surface area contributed by atoms with Gasteiger partial charge in [0.05, 0.1) is 0 Å². The van der Waals surface area contributed by atoms with Gasteiger partial charge in [-0.05, 0) is 38.3 Å². The molecule has 1 atom stereocenters. The fourth-order valence-corrected chi connectivity index (χ4v) is 1.90. The largest absolute Gasteiger partial charge is 0.411 e. The number of alkyl halides is 3. The van der Waals surface area contributed by atoms with Gasteiger partial charge in [-0.3, -0.25) is 4.79 Å². The number of hydrogen-bond donors (Lipinski definition) is 2. The van der Waals surface area contributed by atoms with E-state index in [4.69, 9.17) is 0 Å². The third kappa shape index (κ3) is 9.98. The van der Waals surface area contributed by atoms with Crippen LogP contribution in [0.5, 0.6) is 0 Å². The molecule has 2 N–H and O–H groups in total. The average molecular weight is 305 g/mol. The predicted molar refractivity (Wildman–Crippen MR) is 67.3 cm³/mol. The molecule has 1 fully saturated rings. The molecule has 19 heavy (non-hydrogen) atoms. The van der Waals surface area contributed by atoms with Crippen molar-refractivity contribution in [3.05, 3.63) is 0 Å². The number of halogens is 4.